The zero-order chi connectivity index (χ0) is 15.6. The van der Waals surface area contributed by atoms with Crippen molar-refractivity contribution >= 4 is 31.6 Å². The molecule has 1 aromatic carbocycles. The molecule has 3 N–H and O–H groups in total. The second kappa shape index (κ2) is 6.08. The zero-order valence-electron chi connectivity index (χ0n) is 11.1. The van der Waals surface area contributed by atoms with Gasteiger partial charge in [0.15, 0.2) is 0 Å². The topological polar surface area (TPSA) is 85.1 Å². The molecule has 0 fully saturated rings. The van der Waals surface area contributed by atoms with Gasteiger partial charge >= 0.3 is 0 Å². The summed E-state index contributed by atoms with van der Waals surface area (Å²) < 4.78 is 40.3. The van der Waals surface area contributed by atoms with E-state index < -0.39 is 15.8 Å². The summed E-state index contributed by atoms with van der Waals surface area (Å²) in [5.74, 6) is -0.679. The number of anilines is 1. The van der Waals surface area contributed by atoms with Crippen molar-refractivity contribution in [3.05, 3.63) is 52.0 Å². The lowest BCUT2D eigenvalue weighted by Gasteiger charge is -2.10. The number of pyridine rings is 1. The van der Waals surface area contributed by atoms with Crippen LogP contribution in [-0.2, 0) is 16.6 Å². The first-order valence-corrected chi connectivity index (χ1v) is 8.23. The van der Waals surface area contributed by atoms with Crippen molar-refractivity contribution in [1.82, 2.24) is 9.71 Å². The summed E-state index contributed by atoms with van der Waals surface area (Å²) in [6.07, 6.45) is 1.59. The summed E-state index contributed by atoms with van der Waals surface area (Å²) in [5, 5.41) is 0. The van der Waals surface area contributed by atoms with Gasteiger partial charge in [-0.3, -0.25) is 4.98 Å². The maximum Gasteiger partial charge on any atom is 0.242 e. The van der Waals surface area contributed by atoms with E-state index in [-0.39, 0.29) is 21.6 Å². The molecule has 0 unspecified atom stereocenters. The Morgan fingerprint density at radius 1 is 1.43 bits per heavy atom. The first-order chi connectivity index (χ1) is 9.81. The molecule has 0 aliphatic carbocycles. The summed E-state index contributed by atoms with van der Waals surface area (Å²) in [7, 11) is -3.83. The minimum atomic E-state index is -3.83. The molecule has 112 valence electrons. The lowest BCUT2D eigenvalue weighted by Crippen LogP contribution is -2.24. The molecule has 21 heavy (non-hydrogen) atoms. The van der Waals surface area contributed by atoms with Gasteiger partial charge in [0.2, 0.25) is 10.0 Å². The van der Waals surface area contributed by atoms with Gasteiger partial charge in [0, 0.05) is 10.7 Å². The summed E-state index contributed by atoms with van der Waals surface area (Å²) in [4.78, 5) is 3.99. The Bertz CT molecular complexity index is 781. The monoisotopic (exact) mass is 373 g/mol. The highest BCUT2D eigenvalue weighted by Crippen LogP contribution is 2.26. The average molecular weight is 374 g/mol. The molecule has 0 aliphatic rings. The van der Waals surface area contributed by atoms with E-state index in [1.807, 2.05) is 13.0 Å². The maximum atomic E-state index is 13.3. The third-order valence-corrected chi connectivity index (χ3v) is 5.25. The van der Waals surface area contributed by atoms with Gasteiger partial charge in [-0.15, -0.1) is 0 Å². The maximum absolute atomic E-state index is 13.3. The Morgan fingerprint density at radius 3 is 2.81 bits per heavy atom. The number of nitrogen functional groups attached to an aromatic ring is 1. The van der Waals surface area contributed by atoms with Crippen molar-refractivity contribution in [3.63, 3.8) is 0 Å². The quantitative estimate of drug-likeness (QED) is 0.805. The van der Waals surface area contributed by atoms with Crippen LogP contribution in [0.1, 0.15) is 11.3 Å². The van der Waals surface area contributed by atoms with Crippen LogP contribution in [0, 0.1) is 12.7 Å². The Kier molecular flexibility index (Phi) is 4.60. The Hall–Kier alpha value is -1.51. The minimum Gasteiger partial charge on any atom is -0.396 e. The predicted molar refractivity (Wildman–Crippen MR) is 81.5 cm³/mol. The van der Waals surface area contributed by atoms with Crippen molar-refractivity contribution < 1.29 is 12.8 Å². The Morgan fingerprint density at radius 2 is 2.14 bits per heavy atom. The van der Waals surface area contributed by atoms with E-state index in [0.717, 1.165) is 17.7 Å². The lowest BCUT2D eigenvalue weighted by molar-refractivity contribution is 0.579. The zero-order valence-corrected chi connectivity index (χ0v) is 13.5. The van der Waals surface area contributed by atoms with Crippen molar-refractivity contribution in [1.29, 1.82) is 0 Å². The molecular formula is C13H13BrFN3O2S. The molecule has 0 saturated heterocycles. The second-order valence-corrected chi connectivity index (χ2v) is 6.99. The molecule has 5 nitrogen and oxygen atoms in total. The highest BCUT2D eigenvalue weighted by Gasteiger charge is 2.20. The van der Waals surface area contributed by atoms with Crippen LogP contribution in [0.4, 0.5) is 10.1 Å². The number of aromatic nitrogens is 1. The second-order valence-electron chi connectivity index (χ2n) is 4.40. The van der Waals surface area contributed by atoms with Crippen LogP contribution in [0.5, 0.6) is 0 Å². The van der Waals surface area contributed by atoms with Crippen molar-refractivity contribution in [3.8, 4) is 0 Å². The van der Waals surface area contributed by atoms with Crippen molar-refractivity contribution in [2.24, 2.45) is 0 Å². The van der Waals surface area contributed by atoms with E-state index in [2.05, 4.69) is 25.6 Å². The molecule has 2 rings (SSSR count). The summed E-state index contributed by atoms with van der Waals surface area (Å²) >= 11 is 3.03. The van der Waals surface area contributed by atoms with Gasteiger partial charge in [-0.25, -0.2) is 17.5 Å². The highest BCUT2D eigenvalue weighted by molar-refractivity contribution is 9.10. The molecule has 0 saturated carbocycles. The molecule has 2 aromatic rings. The fraction of sp³-hybridized carbons (Fsp3) is 0.154. The number of hydrogen-bond donors (Lipinski definition) is 2. The minimum absolute atomic E-state index is 0.0404. The molecule has 1 heterocycles. The van der Waals surface area contributed by atoms with Crippen molar-refractivity contribution in [2.45, 2.75) is 18.4 Å². The average Bonchev–Trinajstić information content (AvgIpc) is 2.42. The number of nitrogens with zero attached hydrogens (tertiary/aromatic N) is 1. The van der Waals surface area contributed by atoms with E-state index in [1.54, 1.807) is 12.3 Å². The number of sulfonamides is 1. The molecule has 0 amide bonds. The molecule has 0 bridgehead atoms. The smallest absolute Gasteiger partial charge is 0.242 e. The van der Waals surface area contributed by atoms with Crippen molar-refractivity contribution in [2.75, 3.05) is 5.73 Å². The number of nitrogens with one attached hydrogen (secondary N) is 1. The summed E-state index contributed by atoms with van der Waals surface area (Å²) in [6, 6.07) is 5.70. The Labute approximate surface area is 130 Å². The van der Waals surface area contributed by atoms with Gasteiger partial charge in [-0.05, 0) is 46.6 Å². The third-order valence-electron chi connectivity index (χ3n) is 2.89. The van der Waals surface area contributed by atoms with E-state index in [9.17, 15) is 12.8 Å². The number of rotatable bonds is 4. The standard InChI is InChI=1S/C13H13BrFN3O2S/c1-8-3-2-4-17-12(8)7-18-21(19,20)13-6-11(16)10(15)5-9(13)14/h2-6,18H,7,16H2,1H3. The van der Waals surface area contributed by atoms with Crippen LogP contribution in [0.2, 0.25) is 0 Å². The number of hydrogen-bond acceptors (Lipinski definition) is 4. The van der Waals surface area contributed by atoms with Crippen LogP contribution in [0.15, 0.2) is 39.8 Å². The highest BCUT2D eigenvalue weighted by atomic mass is 79.9. The van der Waals surface area contributed by atoms with Crippen LogP contribution < -0.4 is 10.5 Å². The molecule has 0 spiro atoms. The van der Waals surface area contributed by atoms with Gasteiger partial charge in [0.05, 0.1) is 22.8 Å². The van der Waals surface area contributed by atoms with E-state index in [0.29, 0.717) is 5.69 Å². The SMILES string of the molecule is Cc1cccnc1CNS(=O)(=O)c1cc(N)c(F)cc1Br. The number of aryl methyl sites for hydroxylation is 1. The molecular weight excluding hydrogens is 361 g/mol. The fourth-order valence-electron chi connectivity index (χ4n) is 1.70. The molecule has 0 radical (unpaired) electrons. The first kappa shape index (κ1) is 15.9. The van der Waals surface area contributed by atoms with Crippen LogP contribution in [-0.4, -0.2) is 13.4 Å². The molecule has 8 heteroatoms. The molecule has 1 aromatic heterocycles. The number of nitrogens with two attached hydrogens (primary N) is 1. The number of benzene rings is 1. The summed E-state index contributed by atoms with van der Waals surface area (Å²) in [6.45, 7) is 1.88. The van der Waals surface area contributed by atoms with Crippen LogP contribution >= 0.6 is 15.9 Å². The van der Waals surface area contributed by atoms with Gasteiger partial charge in [-0.2, -0.15) is 0 Å². The van der Waals surface area contributed by atoms with Gasteiger partial charge in [0.25, 0.3) is 0 Å². The lowest BCUT2D eigenvalue weighted by atomic mass is 10.2. The Balaban J connectivity index is 2.27. The van der Waals surface area contributed by atoms with Gasteiger partial charge in [0.1, 0.15) is 5.82 Å². The largest absolute Gasteiger partial charge is 0.396 e. The normalized spacial score (nSPS) is 11.6. The molecule has 0 aliphatic heterocycles. The van der Waals surface area contributed by atoms with Crippen LogP contribution in [0.25, 0.3) is 0 Å². The molecule has 0 atom stereocenters. The predicted octanol–water partition coefficient (Wildman–Crippen LogP) is 2.35. The van der Waals surface area contributed by atoms with E-state index >= 15 is 0 Å². The van der Waals surface area contributed by atoms with E-state index in [1.165, 1.54) is 0 Å². The van der Waals surface area contributed by atoms with Gasteiger partial charge in [-0.1, -0.05) is 6.07 Å². The number of halogens is 2. The van der Waals surface area contributed by atoms with Gasteiger partial charge < -0.3 is 5.73 Å². The third kappa shape index (κ3) is 3.58. The van der Waals surface area contributed by atoms with Crippen LogP contribution in [0.3, 0.4) is 0 Å². The summed E-state index contributed by atoms with van der Waals surface area (Å²) in [5.41, 5.74) is 6.68. The fourth-order valence-corrected chi connectivity index (χ4v) is 3.73. The van der Waals surface area contributed by atoms with E-state index in [4.69, 9.17) is 5.73 Å². The first-order valence-electron chi connectivity index (χ1n) is 5.96.